The number of carbonyl (C=O) groups is 2. The summed E-state index contributed by atoms with van der Waals surface area (Å²) >= 11 is 0. The number of hydrogen-bond donors (Lipinski definition) is 2. The summed E-state index contributed by atoms with van der Waals surface area (Å²) in [5.74, 6) is -1.60. The van der Waals surface area contributed by atoms with E-state index in [2.05, 4.69) is 19.9 Å². The zero-order valence-corrected chi connectivity index (χ0v) is 22.6. The Balaban J connectivity index is 1.51. The van der Waals surface area contributed by atoms with Crippen molar-refractivity contribution in [1.82, 2.24) is 0 Å². The van der Waals surface area contributed by atoms with Crippen LogP contribution in [0.3, 0.4) is 0 Å². The molecule has 1 saturated carbocycles. The molecule has 9 nitrogen and oxygen atoms in total. The van der Waals surface area contributed by atoms with Crippen molar-refractivity contribution in [3.05, 3.63) is 36.0 Å². The lowest BCUT2D eigenvalue weighted by Crippen LogP contribution is -2.66. The molecule has 2 bridgehead atoms. The molecular formula is C29H40O9. The van der Waals surface area contributed by atoms with Gasteiger partial charge in [0.1, 0.15) is 24.4 Å². The minimum absolute atomic E-state index is 0.0195. The highest BCUT2D eigenvalue weighted by Gasteiger charge is 2.83. The molecule has 5 rings (SSSR count). The maximum Gasteiger partial charge on any atom is 0.335 e. The van der Waals surface area contributed by atoms with Crippen LogP contribution in [0.5, 0.6) is 0 Å². The van der Waals surface area contributed by atoms with E-state index in [1.54, 1.807) is 32.1 Å². The zero-order valence-electron chi connectivity index (χ0n) is 22.6. The smallest absolute Gasteiger partial charge is 0.335 e. The first kappa shape index (κ1) is 27.5. The minimum atomic E-state index is -1.33. The van der Waals surface area contributed by atoms with Gasteiger partial charge in [-0.2, -0.15) is 0 Å². The Labute approximate surface area is 223 Å². The van der Waals surface area contributed by atoms with Crippen molar-refractivity contribution in [3.63, 3.8) is 0 Å². The van der Waals surface area contributed by atoms with Crippen LogP contribution in [0.25, 0.3) is 0 Å². The first-order valence-electron chi connectivity index (χ1n) is 13.7. The van der Waals surface area contributed by atoms with E-state index in [1.165, 1.54) is 11.6 Å². The molecule has 2 N–H and O–H groups in total. The van der Waals surface area contributed by atoms with Crippen molar-refractivity contribution >= 4 is 11.9 Å². The quantitative estimate of drug-likeness (QED) is 0.298. The van der Waals surface area contributed by atoms with Crippen molar-refractivity contribution in [3.8, 4) is 0 Å². The topological polar surface area (TPSA) is 124 Å². The summed E-state index contributed by atoms with van der Waals surface area (Å²) in [7, 11) is 0. The number of hydrogen-bond acceptors (Lipinski definition) is 9. The highest BCUT2D eigenvalue weighted by Crippen LogP contribution is 2.72. The maximum absolute atomic E-state index is 13.1. The molecule has 0 aromatic carbocycles. The predicted molar refractivity (Wildman–Crippen MR) is 136 cm³/mol. The van der Waals surface area contributed by atoms with Gasteiger partial charge >= 0.3 is 11.9 Å². The van der Waals surface area contributed by atoms with Crippen LogP contribution in [0.2, 0.25) is 0 Å². The average Bonchev–Trinajstić information content (AvgIpc) is 3.65. The van der Waals surface area contributed by atoms with Crippen molar-refractivity contribution in [2.75, 3.05) is 19.8 Å². The molecule has 3 aliphatic heterocycles. The molecule has 0 unspecified atom stereocenters. The Morgan fingerprint density at radius 3 is 2.63 bits per heavy atom. The molecule has 38 heavy (non-hydrogen) atoms. The van der Waals surface area contributed by atoms with Gasteiger partial charge in [0.05, 0.1) is 30.3 Å². The van der Waals surface area contributed by atoms with E-state index in [-0.39, 0.29) is 25.4 Å². The number of aliphatic hydroxyl groups excluding tert-OH is 2. The number of aliphatic hydroxyl groups is 2. The fourth-order valence-corrected chi connectivity index (χ4v) is 7.04. The maximum atomic E-state index is 13.1. The lowest BCUT2D eigenvalue weighted by molar-refractivity contribution is -0.234. The van der Waals surface area contributed by atoms with E-state index in [0.717, 1.165) is 6.42 Å². The van der Waals surface area contributed by atoms with Gasteiger partial charge < -0.3 is 33.9 Å². The van der Waals surface area contributed by atoms with Gasteiger partial charge in [0, 0.05) is 24.5 Å². The second kappa shape index (κ2) is 10.2. The number of epoxide rings is 1. The van der Waals surface area contributed by atoms with E-state index < -0.39 is 58.7 Å². The minimum Gasteiger partial charge on any atom is -0.463 e. The van der Waals surface area contributed by atoms with Crippen LogP contribution in [0.1, 0.15) is 53.4 Å². The van der Waals surface area contributed by atoms with Crippen molar-refractivity contribution in [1.29, 1.82) is 0 Å². The number of rotatable bonds is 1. The van der Waals surface area contributed by atoms with Gasteiger partial charge in [-0.05, 0) is 39.0 Å². The van der Waals surface area contributed by atoms with Gasteiger partial charge in [0.15, 0.2) is 6.10 Å². The lowest BCUT2D eigenvalue weighted by Gasteiger charge is -2.58. The van der Waals surface area contributed by atoms with E-state index in [4.69, 9.17) is 23.7 Å². The summed E-state index contributed by atoms with van der Waals surface area (Å²) in [6.45, 7) is 8.27. The van der Waals surface area contributed by atoms with E-state index >= 15 is 0 Å². The SMILES string of the molecule is CC1=C[C@H]2O[C@H]3C[C@H]4OC(=O)C=CC=C[C@H]([C@H](C)O)OCC[C@@H](C)[C@H](O)C(=O)OC[C@@]2(CC1)[C@@]4(C)[C@@]31CO1. The van der Waals surface area contributed by atoms with Crippen molar-refractivity contribution in [2.45, 2.75) is 95.6 Å². The van der Waals surface area contributed by atoms with Crippen molar-refractivity contribution < 1.29 is 43.5 Å². The Bertz CT molecular complexity index is 1030. The van der Waals surface area contributed by atoms with Crippen molar-refractivity contribution in [2.24, 2.45) is 16.7 Å². The van der Waals surface area contributed by atoms with E-state index in [1.807, 2.05) is 0 Å². The fourth-order valence-electron chi connectivity index (χ4n) is 7.04. The summed E-state index contributed by atoms with van der Waals surface area (Å²) in [5.41, 5.74) is -0.771. The third-order valence-corrected chi connectivity index (χ3v) is 9.73. The molecule has 0 aromatic rings. The molecule has 0 radical (unpaired) electrons. The average molecular weight is 533 g/mol. The third-order valence-electron chi connectivity index (χ3n) is 9.73. The number of cyclic esters (lactones) is 1. The fraction of sp³-hybridized carbons (Fsp3) is 0.724. The summed E-state index contributed by atoms with van der Waals surface area (Å²) in [5, 5.41) is 20.8. The van der Waals surface area contributed by atoms with Gasteiger partial charge in [-0.15, -0.1) is 0 Å². The van der Waals surface area contributed by atoms with E-state index in [0.29, 0.717) is 25.9 Å². The van der Waals surface area contributed by atoms with Crippen LogP contribution in [-0.4, -0.2) is 84.2 Å². The molecule has 2 aliphatic carbocycles. The number of allylic oxidation sites excluding steroid dienone is 3. The summed E-state index contributed by atoms with van der Waals surface area (Å²) < 4.78 is 30.4. The van der Waals surface area contributed by atoms with Crippen LogP contribution in [0, 0.1) is 16.7 Å². The third kappa shape index (κ3) is 4.36. The molecule has 3 heterocycles. The Morgan fingerprint density at radius 1 is 1.16 bits per heavy atom. The number of esters is 2. The monoisotopic (exact) mass is 532 g/mol. The van der Waals surface area contributed by atoms with Gasteiger partial charge in [-0.25, -0.2) is 9.59 Å². The second-order valence-electron chi connectivity index (χ2n) is 11.9. The van der Waals surface area contributed by atoms with Gasteiger partial charge in [-0.3, -0.25) is 0 Å². The second-order valence-corrected chi connectivity index (χ2v) is 11.9. The normalized spacial score (nSPS) is 46.3. The molecular weight excluding hydrogens is 492 g/mol. The highest BCUT2D eigenvalue weighted by molar-refractivity contribution is 5.82. The molecule has 210 valence electrons. The molecule has 9 heteroatoms. The van der Waals surface area contributed by atoms with Crippen LogP contribution in [0.4, 0.5) is 0 Å². The van der Waals surface area contributed by atoms with Crippen LogP contribution in [0.15, 0.2) is 36.0 Å². The number of carbonyl (C=O) groups excluding carboxylic acids is 2. The molecule has 2 spiro atoms. The van der Waals surface area contributed by atoms with Crippen LogP contribution < -0.4 is 0 Å². The highest BCUT2D eigenvalue weighted by atomic mass is 16.6. The van der Waals surface area contributed by atoms with Crippen LogP contribution >= 0.6 is 0 Å². The summed E-state index contributed by atoms with van der Waals surface area (Å²) in [6, 6.07) is 0. The zero-order chi connectivity index (χ0) is 27.3. The van der Waals surface area contributed by atoms with Crippen LogP contribution in [-0.2, 0) is 33.3 Å². The molecule has 3 fully saturated rings. The summed E-state index contributed by atoms with van der Waals surface area (Å²) in [6.07, 6.45) is 6.89. The molecule has 5 aliphatic rings. The first-order valence-corrected chi connectivity index (χ1v) is 13.7. The Hall–Kier alpha value is -2.04. The molecule has 10 atom stereocenters. The molecule has 0 amide bonds. The largest absolute Gasteiger partial charge is 0.463 e. The number of ether oxygens (including phenoxy) is 5. The predicted octanol–water partition coefficient (Wildman–Crippen LogP) is 2.39. The standard InChI is InChI=1S/C29H40O9/c1-17-9-11-28-15-35-26(33)25(32)18(2)10-12-34-20(19(3)30)7-5-6-8-24(31)38-21-14-23(37-22(28)13-17)29(16-36-29)27(21,28)4/h5-8,13,18-23,25,30,32H,9-12,14-16H2,1-4H3/t18-,19+,20-,21-,22-,23+,25+,27+,28-,29-/m1/s1. The van der Waals surface area contributed by atoms with E-state index in [9.17, 15) is 19.8 Å². The lowest BCUT2D eigenvalue weighted by atomic mass is 9.51. The Kier molecular flexibility index (Phi) is 7.37. The summed E-state index contributed by atoms with van der Waals surface area (Å²) in [4.78, 5) is 26.0. The van der Waals surface area contributed by atoms with Gasteiger partial charge in [0.25, 0.3) is 0 Å². The molecule has 2 saturated heterocycles. The first-order chi connectivity index (χ1) is 18.0. The Morgan fingerprint density at radius 2 is 1.92 bits per heavy atom. The molecule has 0 aromatic heterocycles. The van der Waals surface area contributed by atoms with Gasteiger partial charge in [0.2, 0.25) is 0 Å². The van der Waals surface area contributed by atoms with Gasteiger partial charge in [-0.1, -0.05) is 43.7 Å².